The summed E-state index contributed by atoms with van der Waals surface area (Å²) < 4.78 is 0. The monoisotopic (exact) mass is 334 g/mol. The smallest absolute Gasteiger partial charge is 0.119 e. The van der Waals surface area contributed by atoms with Gasteiger partial charge in [0.25, 0.3) is 0 Å². The van der Waals surface area contributed by atoms with Gasteiger partial charge in [0.15, 0.2) is 0 Å². The Labute approximate surface area is 149 Å². The number of phenols is 2. The summed E-state index contributed by atoms with van der Waals surface area (Å²) in [6.45, 7) is 2.28. The average molecular weight is 335 g/mol. The van der Waals surface area contributed by atoms with Crippen molar-refractivity contribution in [3.8, 4) is 11.5 Å². The van der Waals surface area contributed by atoms with Gasteiger partial charge in [-0.2, -0.15) is 0 Å². The highest BCUT2D eigenvalue weighted by Gasteiger charge is 1.99. The molecule has 138 valence electrons. The molecule has 1 aromatic carbocycles. The molecule has 1 aromatic rings. The molecule has 24 heavy (non-hydrogen) atoms. The average Bonchev–Trinajstić information content (AvgIpc) is 2.54. The highest BCUT2D eigenvalue weighted by atomic mass is 16.3. The lowest BCUT2D eigenvalue weighted by Gasteiger charge is -2.05. The number of hydrogen-bond acceptors (Lipinski definition) is 2. The maximum absolute atomic E-state index is 9.45. The second kappa shape index (κ2) is 14.2. The first-order chi connectivity index (χ1) is 11.7. The Kier molecular flexibility index (Phi) is 12.3. The first-order valence-corrected chi connectivity index (χ1v) is 10.2. The molecule has 1 rings (SSSR count). The SMILES string of the molecule is CCCCCCCCCCCCCCCCc1cc(O)cc(O)c1. The normalized spacial score (nSPS) is 11.0. The van der Waals surface area contributed by atoms with E-state index in [9.17, 15) is 10.2 Å². The zero-order valence-electron chi connectivity index (χ0n) is 15.7. The van der Waals surface area contributed by atoms with E-state index in [2.05, 4.69) is 6.92 Å². The highest BCUT2D eigenvalue weighted by Crippen LogP contribution is 2.22. The molecule has 0 amide bonds. The lowest BCUT2D eigenvalue weighted by Crippen LogP contribution is -1.87. The first kappa shape index (κ1) is 20.9. The zero-order valence-corrected chi connectivity index (χ0v) is 15.7. The van der Waals surface area contributed by atoms with E-state index < -0.39 is 0 Å². The molecular formula is C22H38O2. The molecule has 0 aliphatic carbocycles. The van der Waals surface area contributed by atoms with Crippen molar-refractivity contribution in [1.29, 1.82) is 0 Å². The van der Waals surface area contributed by atoms with Crippen LogP contribution in [0.2, 0.25) is 0 Å². The molecule has 0 heterocycles. The Hall–Kier alpha value is -1.18. The molecule has 0 aromatic heterocycles. The van der Waals surface area contributed by atoms with E-state index >= 15 is 0 Å². The van der Waals surface area contributed by atoms with Crippen molar-refractivity contribution in [3.05, 3.63) is 23.8 Å². The Bertz CT molecular complexity index is 394. The number of unbranched alkanes of at least 4 members (excludes halogenated alkanes) is 13. The molecule has 0 aliphatic heterocycles. The van der Waals surface area contributed by atoms with Gasteiger partial charge < -0.3 is 10.2 Å². The molecule has 2 heteroatoms. The number of benzene rings is 1. The van der Waals surface area contributed by atoms with Gasteiger partial charge in [-0.1, -0.05) is 90.4 Å². The minimum absolute atomic E-state index is 0.162. The van der Waals surface area contributed by atoms with Crippen LogP contribution in [0.3, 0.4) is 0 Å². The van der Waals surface area contributed by atoms with Crippen molar-refractivity contribution in [3.63, 3.8) is 0 Å². The van der Waals surface area contributed by atoms with Crippen LogP contribution >= 0.6 is 0 Å². The quantitative estimate of drug-likeness (QED) is 0.335. The van der Waals surface area contributed by atoms with Crippen LogP contribution in [0.1, 0.15) is 102 Å². The standard InChI is InChI=1S/C22H38O2/c1-2-3-4-5-6-7-8-9-10-11-12-13-14-15-16-20-17-21(23)19-22(24)18-20/h17-19,23-24H,2-16H2,1H3. The van der Waals surface area contributed by atoms with Crippen LogP contribution in [0.4, 0.5) is 0 Å². The van der Waals surface area contributed by atoms with E-state index in [1.54, 1.807) is 12.1 Å². The van der Waals surface area contributed by atoms with E-state index in [-0.39, 0.29) is 11.5 Å². The highest BCUT2D eigenvalue weighted by molar-refractivity contribution is 5.36. The fourth-order valence-electron chi connectivity index (χ4n) is 3.32. The lowest BCUT2D eigenvalue weighted by atomic mass is 10.0. The Morgan fingerprint density at radius 2 is 0.917 bits per heavy atom. The van der Waals surface area contributed by atoms with Crippen molar-refractivity contribution in [2.24, 2.45) is 0 Å². The topological polar surface area (TPSA) is 40.5 Å². The third kappa shape index (κ3) is 11.4. The van der Waals surface area contributed by atoms with Gasteiger partial charge >= 0.3 is 0 Å². The van der Waals surface area contributed by atoms with Crippen molar-refractivity contribution in [2.75, 3.05) is 0 Å². The molecule has 0 aliphatic rings. The summed E-state index contributed by atoms with van der Waals surface area (Å²) >= 11 is 0. The second-order valence-corrected chi connectivity index (χ2v) is 7.20. The summed E-state index contributed by atoms with van der Waals surface area (Å²) in [6.07, 6.45) is 20.1. The number of hydrogen-bond donors (Lipinski definition) is 2. The van der Waals surface area contributed by atoms with Crippen LogP contribution in [-0.2, 0) is 6.42 Å². The molecule has 0 saturated heterocycles. The predicted octanol–water partition coefficient (Wildman–Crippen LogP) is 7.12. The van der Waals surface area contributed by atoms with Gasteiger partial charge in [0.2, 0.25) is 0 Å². The number of aromatic hydroxyl groups is 2. The molecule has 0 bridgehead atoms. The summed E-state index contributed by atoms with van der Waals surface area (Å²) in [4.78, 5) is 0. The van der Waals surface area contributed by atoms with E-state index in [1.807, 2.05) is 0 Å². The van der Waals surface area contributed by atoms with Crippen LogP contribution < -0.4 is 0 Å². The number of aryl methyl sites for hydroxylation is 1. The van der Waals surface area contributed by atoms with Gasteiger partial charge in [0, 0.05) is 6.07 Å². The molecule has 0 saturated carbocycles. The maximum atomic E-state index is 9.45. The molecule has 0 spiro atoms. The summed E-state index contributed by atoms with van der Waals surface area (Å²) in [5.74, 6) is 0.325. The van der Waals surface area contributed by atoms with Crippen LogP contribution in [0.25, 0.3) is 0 Å². The lowest BCUT2D eigenvalue weighted by molar-refractivity contribution is 0.449. The van der Waals surface area contributed by atoms with Gasteiger partial charge in [-0.05, 0) is 30.5 Å². The second-order valence-electron chi connectivity index (χ2n) is 7.20. The minimum atomic E-state index is 0.162. The van der Waals surface area contributed by atoms with Crippen LogP contribution in [0.5, 0.6) is 11.5 Å². The van der Waals surface area contributed by atoms with Crippen molar-refractivity contribution >= 4 is 0 Å². The molecule has 0 fully saturated rings. The van der Waals surface area contributed by atoms with Crippen LogP contribution in [0.15, 0.2) is 18.2 Å². The first-order valence-electron chi connectivity index (χ1n) is 10.2. The van der Waals surface area contributed by atoms with Gasteiger partial charge in [0.1, 0.15) is 11.5 Å². The van der Waals surface area contributed by atoms with E-state index in [0.29, 0.717) is 0 Å². The number of rotatable bonds is 15. The Morgan fingerprint density at radius 1 is 0.542 bits per heavy atom. The fourth-order valence-corrected chi connectivity index (χ4v) is 3.32. The van der Waals surface area contributed by atoms with Gasteiger partial charge in [-0.15, -0.1) is 0 Å². The Balaban J connectivity index is 1.84. The third-order valence-corrected chi connectivity index (χ3v) is 4.78. The largest absolute Gasteiger partial charge is 0.508 e. The summed E-state index contributed by atoms with van der Waals surface area (Å²) in [5, 5.41) is 18.9. The summed E-state index contributed by atoms with van der Waals surface area (Å²) in [7, 11) is 0. The molecule has 0 radical (unpaired) electrons. The van der Waals surface area contributed by atoms with E-state index in [1.165, 1.54) is 89.5 Å². The van der Waals surface area contributed by atoms with Crippen molar-refractivity contribution in [1.82, 2.24) is 0 Å². The fraction of sp³-hybridized carbons (Fsp3) is 0.727. The zero-order chi connectivity index (χ0) is 17.5. The molecule has 2 nitrogen and oxygen atoms in total. The van der Waals surface area contributed by atoms with Gasteiger partial charge in [0.05, 0.1) is 0 Å². The van der Waals surface area contributed by atoms with E-state index in [4.69, 9.17) is 0 Å². The Morgan fingerprint density at radius 3 is 1.33 bits per heavy atom. The summed E-state index contributed by atoms with van der Waals surface area (Å²) in [5.41, 5.74) is 1.03. The maximum Gasteiger partial charge on any atom is 0.119 e. The van der Waals surface area contributed by atoms with Gasteiger partial charge in [-0.25, -0.2) is 0 Å². The minimum Gasteiger partial charge on any atom is -0.508 e. The van der Waals surface area contributed by atoms with Crippen molar-refractivity contribution in [2.45, 2.75) is 103 Å². The predicted molar refractivity (Wildman–Crippen MR) is 104 cm³/mol. The van der Waals surface area contributed by atoms with Gasteiger partial charge in [-0.3, -0.25) is 0 Å². The van der Waals surface area contributed by atoms with Crippen LogP contribution in [-0.4, -0.2) is 10.2 Å². The van der Waals surface area contributed by atoms with Crippen LogP contribution in [0, 0.1) is 0 Å². The molecule has 0 atom stereocenters. The number of phenolic OH excluding ortho intramolecular Hbond substituents is 2. The molecule has 0 unspecified atom stereocenters. The third-order valence-electron chi connectivity index (χ3n) is 4.78. The molecule has 2 N–H and O–H groups in total. The van der Waals surface area contributed by atoms with Crippen molar-refractivity contribution < 1.29 is 10.2 Å². The summed E-state index contributed by atoms with van der Waals surface area (Å²) in [6, 6.07) is 4.89. The molecular weight excluding hydrogens is 296 g/mol. The van der Waals surface area contributed by atoms with E-state index in [0.717, 1.165) is 18.4 Å².